The minimum absolute atomic E-state index is 0.325. The number of methoxy groups -OCH3 is 1. The van der Waals surface area contributed by atoms with E-state index in [9.17, 15) is 0 Å². The molecule has 3 heteroatoms. The van der Waals surface area contributed by atoms with Crippen LogP contribution in [0.15, 0.2) is 42.5 Å². The Hall–Kier alpha value is -1.51. The molecule has 1 N–H and O–H groups in total. The zero-order chi connectivity index (χ0) is 14.8. The third-order valence-electron chi connectivity index (χ3n) is 4.20. The van der Waals surface area contributed by atoms with Crippen LogP contribution < -0.4 is 10.1 Å². The first kappa shape index (κ1) is 14.4. The van der Waals surface area contributed by atoms with Crippen molar-refractivity contribution in [3.05, 3.63) is 64.2 Å². The molecule has 0 aliphatic heterocycles. The number of fused-ring (bicyclic) bond motifs is 1. The SMILES string of the molecule is COc1ccc(C(C)NC2Cc3ccc(Cl)cc3C2)cc1. The van der Waals surface area contributed by atoms with Gasteiger partial charge in [-0.05, 0) is 60.7 Å². The molecule has 0 heterocycles. The second-order valence-corrected chi connectivity index (χ2v) is 6.12. The van der Waals surface area contributed by atoms with E-state index in [1.54, 1.807) is 7.11 Å². The summed E-state index contributed by atoms with van der Waals surface area (Å²) in [7, 11) is 1.69. The van der Waals surface area contributed by atoms with E-state index in [1.807, 2.05) is 18.2 Å². The van der Waals surface area contributed by atoms with Crippen LogP contribution in [0.3, 0.4) is 0 Å². The molecular formula is C18H20ClNO. The summed E-state index contributed by atoms with van der Waals surface area (Å²) in [6.07, 6.45) is 2.13. The number of ether oxygens (including phenoxy) is 1. The van der Waals surface area contributed by atoms with E-state index in [1.165, 1.54) is 16.7 Å². The highest BCUT2D eigenvalue weighted by atomic mass is 35.5. The van der Waals surface area contributed by atoms with Crippen molar-refractivity contribution in [3.63, 3.8) is 0 Å². The van der Waals surface area contributed by atoms with Gasteiger partial charge in [0.15, 0.2) is 0 Å². The molecule has 0 fully saturated rings. The highest BCUT2D eigenvalue weighted by Crippen LogP contribution is 2.27. The first-order chi connectivity index (χ1) is 10.2. The summed E-state index contributed by atoms with van der Waals surface area (Å²) >= 11 is 6.07. The Morgan fingerprint density at radius 2 is 1.81 bits per heavy atom. The second-order valence-electron chi connectivity index (χ2n) is 5.68. The molecule has 0 radical (unpaired) electrons. The van der Waals surface area contributed by atoms with Crippen LogP contribution in [-0.2, 0) is 12.8 Å². The largest absolute Gasteiger partial charge is 0.497 e. The van der Waals surface area contributed by atoms with Crippen molar-refractivity contribution in [3.8, 4) is 5.75 Å². The molecule has 2 aromatic carbocycles. The van der Waals surface area contributed by atoms with E-state index < -0.39 is 0 Å². The summed E-state index contributed by atoms with van der Waals surface area (Å²) in [5.41, 5.74) is 4.07. The van der Waals surface area contributed by atoms with Crippen molar-refractivity contribution < 1.29 is 4.74 Å². The number of nitrogens with one attached hydrogen (secondary N) is 1. The van der Waals surface area contributed by atoms with Gasteiger partial charge in [0.25, 0.3) is 0 Å². The van der Waals surface area contributed by atoms with E-state index in [0.29, 0.717) is 12.1 Å². The smallest absolute Gasteiger partial charge is 0.118 e. The highest BCUT2D eigenvalue weighted by Gasteiger charge is 2.23. The predicted molar refractivity (Wildman–Crippen MR) is 87.2 cm³/mol. The van der Waals surface area contributed by atoms with Crippen LogP contribution in [0.1, 0.15) is 29.7 Å². The second kappa shape index (κ2) is 6.08. The normalized spacial score (nSPS) is 18.3. The minimum atomic E-state index is 0.325. The molecule has 0 bridgehead atoms. The number of benzene rings is 2. The first-order valence-corrected chi connectivity index (χ1v) is 7.71. The quantitative estimate of drug-likeness (QED) is 0.915. The van der Waals surface area contributed by atoms with E-state index in [4.69, 9.17) is 16.3 Å². The number of hydrogen-bond donors (Lipinski definition) is 1. The lowest BCUT2D eigenvalue weighted by atomic mass is 10.1. The monoisotopic (exact) mass is 301 g/mol. The van der Waals surface area contributed by atoms with Gasteiger partial charge in [-0.3, -0.25) is 0 Å². The van der Waals surface area contributed by atoms with Crippen molar-refractivity contribution in [1.29, 1.82) is 0 Å². The molecule has 2 aromatic rings. The maximum absolute atomic E-state index is 6.07. The molecule has 0 spiro atoms. The lowest BCUT2D eigenvalue weighted by Crippen LogP contribution is -2.32. The Morgan fingerprint density at radius 1 is 1.10 bits per heavy atom. The minimum Gasteiger partial charge on any atom is -0.497 e. The molecule has 2 atom stereocenters. The van der Waals surface area contributed by atoms with Crippen LogP contribution >= 0.6 is 11.6 Å². The zero-order valence-corrected chi connectivity index (χ0v) is 13.2. The molecule has 0 saturated carbocycles. The van der Waals surface area contributed by atoms with Crippen molar-refractivity contribution >= 4 is 11.6 Å². The van der Waals surface area contributed by atoms with Crippen molar-refractivity contribution in [2.45, 2.75) is 31.8 Å². The third-order valence-corrected chi connectivity index (χ3v) is 4.44. The Bertz CT molecular complexity index is 624. The van der Waals surface area contributed by atoms with Crippen LogP contribution in [0, 0.1) is 0 Å². The predicted octanol–water partition coefficient (Wildman–Crippen LogP) is 4.17. The summed E-state index contributed by atoms with van der Waals surface area (Å²) in [4.78, 5) is 0. The molecule has 1 aliphatic rings. The van der Waals surface area contributed by atoms with Gasteiger partial charge in [-0.15, -0.1) is 0 Å². The number of rotatable bonds is 4. The third kappa shape index (κ3) is 3.22. The molecule has 2 nitrogen and oxygen atoms in total. The topological polar surface area (TPSA) is 21.3 Å². The Morgan fingerprint density at radius 3 is 2.52 bits per heavy atom. The van der Waals surface area contributed by atoms with E-state index in [0.717, 1.165) is 23.6 Å². The van der Waals surface area contributed by atoms with E-state index in [-0.39, 0.29) is 0 Å². The fourth-order valence-electron chi connectivity index (χ4n) is 3.05. The van der Waals surface area contributed by atoms with E-state index in [2.05, 4.69) is 36.5 Å². The zero-order valence-electron chi connectivity index (χ0n) is 12.4. The van der Waals surface area contributed by atoms with Gasteiger partial charge >= 0.3 is 0 Å². The van der Waals surface area contributed by atoms with Gasteiger partial charge in [-0.1, -0.05) is 29.8 Å². The van der Waals surface area contributed by atoms with Crippen LogP contribution in [0.5, 0.6) is 5.75 Å². The maximum atomic E-state index is 6.07. The molecule has 3 rings (SSSR count). The van der Waals surface area contributed by atoms with Gasteiger partial charge in [-0.25, -0.2) is 0 Å². The molecule has 0 saturated heterocycles. The highest BCUT2D eigenvalue weighted by molar-refractivity contribution is 6.30. The van der Waals surface area contributed by atoms with Crippen LogP contribution in [0.4, 0.5) is 0 Å². The summed E-state index contributed by atoms with van der Waals surface area (Å²) in [6.45, 7) is 2.21. The molecule has 21 heavy (non-hydrogen) atoms. The summed E-state index contributed by atoms with van der Waals surface area (Å²) in [5.74, 6) is 0.897. The molecule has 1 aliphatic carbocycles. The molecule has 2 unspecified atom stereocenters. The first-order valence-electron chi connectivity index (χ1n) is 7.33. The Labute approximate surface area is 131 Å². The lowest BCUT2D eigenvalue weighted by molar-refractivity contribution is 0.414. The average molecular weight is 302 g/mol. The average Bonchev–Trinajstić information content (AvgIpc) is 2.88. The number of halogens is 1. The number of hydrogen-bond acceptors (Lipinski definition) is 2. The fourth-order valence-corrected chi connectivity index (χ4v) is 3.24. The van der Waals surface area contributed by atoms with Gasteiger partial charge in [0.2, 0.25) is 0 Å². The standard InChI is InChI=1S/C18H20ClNO/c1-12(13-4-7-18(21-2)8-5-13)20-17-10-14-3-6-16(19)9-15(14)11-17/h3-9,12,17,20H,10-11H2,1-2H3. The van der Waals surface area contributed by atoms with Crippen molar-refractivity contribution in [1.82, 2.24) is 5.32 Å². The molecule has 110 valence electrons. The van der Waals surface area contributed by atoms with Gasteiger partial charge in [-0.2, -0.15) is 0 Å². The molecule has 0 amide bonds. The van der Waals surface area contributed by atoms with Crippen LogP contribution in [-0.4, -0.2) is 13.2 Å². The summed E-state index contributed by atoms with van der Waals surface area (Å²) in [5, 5.41) is 4.55. The fraction of sp³-hybridized carbons (Fsp3) is 0.333. The van der Waals surface area contributed by atoms with Crippen molar-refractivity contribution in [2.24, 2.45) is 0 Å². The van der Waals surface area contributed by atoms with Gasteiger partial charge < -0.3 is 10.1 Å². The Kier molecular flexibility index (Phi) is 4.18. The van der Waals surface area contributed by atoms with Crippen LogP contribution in [0.2, 0.25) is 5.02 Å². The van der Waals surface area contributed by atoms with Gasteiger partial charge in [0, 0.05) is 17.1 Å². The molecular weight excluding hydrogens is 282 g/mol. The van der Waals surface area contributed by atoms with Gasteiger partial charge in [0.1, 0.15) is 5.75 Å². The maximum Gasteiger partial charge on any atom is 0.118 e. The Balaban J connectivity index is 1.65. The van der Waals surface area contributed by atoms with Crippen molar-refractivity contribution in [2.75, 3.05) is 7.11 Å². The lowest BCUT2D eigenvalue weighted by Gasteiger charge is -2.19. The molecule has 0 aromatic heterocycles. The van der Waals surface area contributed by atoms with E-state index >= 15 is 0 Å². The summed E-state index contributed by atoms with van der Waals surface area (Å²) < 4.78 is 5.20. The summed E-state index contributed by atoms with van der Waals surface area (Å²) in [6, 6.07) is 15.3. The van der Waals surface area contributed by atoms with Gasteiger partial charge in [0.05, 0.1) is 7.11 Å². The van der Waals surface area contributed by atoms with Crippen LogP contribution in [0.25, 0.3) is 0 Å².